The first-order valence-electron chi connectivity index (χ1n) is 4.29. The average molecular weight is 199 g/mol. The maximum Gasteiger partial charge on any atom is 0.250 e. The first-order chi connectivity index (χ1) is 5.99. The van der Waals surface area contributed by atoms with Crippen molar-refractivity contribution in [3.05, 3.63) is 0 Å². The zero-order valence-electron chi connectivity index (χ0n) is 7.37. The van der Waals surface area contributed by atoms with Gasteiger partial charge in [-0.25, -0.2) is 17.6 Å². The van der Waals surface area contributed by atoms with Gasteiger partial charge in [0.25, 0.3) is 6.43 Å². The summed E-state index contributed by atoms with van der Waals surface area (Å²) >= 11 is 0. The molecule has 1 saturated carbocycles. The Kier molecular flexibility index (Phi) is 3.16. The molecule has 0 aromatic rings. The van der Waals surface area contributed by atoms with E-state index in [0.717, 1.165) is 0 Å². The van der Waals surface area contributed by atoms with E-state index in [2.05, 4.69) is 5.32 Å². The Balaban J connectivity index is 2.35. The molecule has 1 fully saturated rings. The van der Waals surface area contributed by atoms with Crippen LogP contribution in [-0.2, 0) is 0 Å². The molecule has 0 radical (unpaired) electrons. The normalized spacial score (nSPS) is 22.4. The lowest BCUT2D eigenvalue weighted by Crippen LogP contribution is -2.41. The summed E-state index contributed by atoms with van der Waals surface area (Å²) in [4.78, 5) is 0. The summed E-state index contributed by atoms with van der Waals surface area (Å²) in [5.74, 6) is 0. The van der Waals surface area contributed by atoms with Gasteiger partial charge in [-0.3, -0.25) is 0 Å². The molecule has 13 heavy (non-hydrogen) atoms. The minimum Gasteiger partial charge on any atom is -0.308 e. The van der Waals surface area contributed by atoms with Gasteiger partial charge in [-0.05, 0) is 19.8 Å². The monoisotopic (exact) mass is 199 g/mol. The summed E-state index contributed by atoms with van der Waals surface area (Å²) in [7, 11) is 0. The lowest BCUT2D eigenvalue weighted by Gasteiger charge is -2.23. The van der Waals surface area contributed by atoms with Crippen molar-refractivity contribution in [3.8, 4) is 0 Å². The van der Waals surface area contributed by atoms with Crippen LogP contribution < -0.4 is 5.32 Å². The van der Waals surface area contributed by atoms with Crippen molar-refractivity contribution in [2.75, 3.05) is 6.54 Å². The maximum absolute atomic E-state index is 12.4. The standard InChI is InChI=1S/C8H13F4N/c1-5(13-4-6(9)10)8(2-3-8)7(11)12/h5-7,13H,2-4H2,1H3. The van der Waals surface area contributed by atoms with Crippen molar-refractivity contribution in [3.63, 3.8) is 0 Å². The van der Waals surface area contributed by atoms with Crippen molar-refractivity contribution in [2.45, 2.75) is 38.7 Å². The van der Waals surface area contributed by atoms with E-state index in [1.165, 1.54) is 0 Å². The molecule has 1 atom stereocenters. The Morgan fingerprint density at radius 1 is 1.23 bits per heavy atom. The topological polar surface area (TPSA) is 12.0 Å². The van der Waals surface area contributed by atoms with E-state index in [4.69, 9.17) is 0 Å². The van der Waals surface area contributed by atoms with Gasteiger partial charge >= 0.3 is 0 Å². The smallest absolute Gasteiger partial charge is 0.250 e. The molecule has 0 amide bonds. The van der Waals surface area contributed by atoms with Gasteiger partial charge in [0, 0.05) is 11.5 Å². The molecule has 1 N–H and O–H groups in total. The largest absolute Gasteiger partial charge is 0.308 e. The predicted octanol–water partition coefficient (Wildman–Crippen LogP) is 2.27. The second kappa shape index (κ2) is 3.82. The predicted molar refractivity (Wildman–Crippen MR) is 41.1 cm³/mol. The van der Waals surface area contributed by atoms with Gasteiger partial charge in [-0.1, -0.05) is 0 Å². The van der Waals surface area contributed by atoms with E-state index < -0.39 is 30.9 Å². The van der Waals surface area contributed by atoms with Crippen LogP contribution in [0.25, 0.3) is 0 Å². The SMILES string of the molecule is CC(NCC(F)F)C1(C(F)F)CC1. The fraction of sp³-hybridized carbons (Fsp3) is 1.00. The zero-order chi connectivity index (χ0) is 10.1. The molecule has 1 rings (SSSR count). The fourth-order valence-electron chi connectivity index (χ4n) is 1.45. The van der Waals surface area contributed by atoms with Crippen molar-refractivity contribution in [1.29, 1.82) is 0 Å². The molecule has 1 unspecified atom stereocenters. The number of alkyl halides is 4. The van der Waals surface area contributed by atoms with Crippen molar-refractivity contribution < 1.29 is 17.6 Å². The van der Waals surface area contributed by atoms with E-state index in [-0.39, 0.29) is 0 Å². The molecule has 78 valence electrons. The van der Waals surface area contributed by atoms with Crippen LogP contribution in [0.3, 0.4) is 0 Å². The highest BCUT2D eigenvalue weighted by atomic mass is 19.3. The molecule has 0 heterocycles. The Hall–Kier alpha value is -0.320. The highest BCUT2D eigenvalue weighted by molar-refractivity contribution is 5.02. The summed E-state index contributed by atoms with van der Waals surface area (Å²) in [5, 5.41) is 2.44. The average Bonchev–Trinajstić information content (AvgIpc) is 2.79. The molecule has 1 aliphatic rings. The Bertz CT molecular complexity index is 168. The summed E-state index contributed by atoms with van der Waals surface area (Å²) in [6.45, 7) is 1.04. The minimum absolute atomic E-state index is 0.433. The highest BCUT2D eigenvalue weighted by Crippen LogP contribution is 2.53. The first-order valence-corrected chi connectivity index (χ1v) is 4.29. The summed E-state index contributed by atoms with van der Waals surface area (Å²) in [6, 6.07) is -0.526. The molecule has 0 aliphatic heterocycles. The van der Waals surface area contributed by atoms with Crippen molar-refractivity contribution in [1.82, 2.24) is 5.32 Å². The van der Waals surface area contributed by atoms with E-state index >= 15 is 0 Å². The molecule has 0 bridgehead atoms. The van der Waals surface area contributed by atoms with E-state index in [1.54, 1.807) is 6.92 Å². The van der Waals surface area contributed by atoms with E-state index in [9.17, 15) is 17.6 Å². The molecule has 0 aromatic carbocycles. The van der Waals surface area contributed by atoms with Gasteiger partial charge in [0.2, 0.25) is 6.43 Å². The molecule has 0 aromatic heterocycles. The van der Waals surface area contributed by atoms with Gasteiger partial charge in [0.15, 0.2) is 0 Å². The highest BCUT2D eigenvalue weighted by Gasteiger charge is 2.54. The third-order valence-electron chi connectivity index (χ3n) is 2.70. The Morgan fingerprint density at radius 2 is 1.77 bits per heavy atom. The quantitative estimate of drug-likeness (QED) is 0.670. The van der Waals surface area contributed by atoms with Gasteiger partial charge < -0.3 is 5.32 Å². The van der Waals surface area contributed by atoms with Crippen LogP contribution in [0.4, 0.5) is 17.6 Å². The Labute approximate surface area is 74.5 Å². The first kappa shape index (κ1) is 10.8. The molecule has 0 saturated heterocycles. The lowest BCUT2D eigenvalue weighted by molar-refractivity contribution is 0.0361. The molecular weight excluding hydrogens is 186 g/mol. The fourth-order valence-corrected chi connectivity index (χ4v) is 1.45. The zero-order valence-corrected chi connectivity index (χ0v) is 7.37. The summed E-state index contributed by atoms with van der Waals surface area (Å²) < 4.78 is 48.4. The second-order valence-corrected chi connectivity index (χ2v) is 3.55. The molecular formula is C8H13F4N. The summed E-state index contributed by atoms with van der Waals surface area (Å²) in [5.41, 5.74) is -1.03. The molecule has 0 spiro atoms. The van der Waals surface area contributed by atoms with Crippen LogP contribution in [0, 0.1) is 5.41 Å². The maximum atomic E-state index is 12.4. The van der Waals surface area contributed by atoms with Crippen LogP contribution in [-0.4, -0.2) is 25.4 Å². The van der Waals surface area contributed by atoms with Crippen LogP contribution in [0.2, 0.25) is 0 Å². The van der Waals surface area contributed by atoms with Crippen molar-refractivity contribution >= 4 is 0 Å². The van der Waals surface area contributed by atoms with Gasteiger partial charge in [-0.2, -0.15) is 0 Å². The molecule has 1 nitrogen and oxygen atoms in total. The minimum atomic E-state index is -2.48. The molecule has 1 aliphatic carbocycles. The van der Waals surface area contributed by atoms with Crippen molar-refractivity contribution in [2.24, 2.45) is 5.41 Å². The lowest BCUT2D eigenvalue weighted by atomic mass is 9.99. The number of hydrogen-bond acceptors (Lipinski definition) is 1. The Morgan fingerprint density at radius 3 is 2.08 bits per heavy atom. The summed E-state index contributed by atoms with van der Waals surface area (Å²) in [6.07, 6.45) is -4.02. The third kappa shape index (κ3) is 2.33. The van der Waals surface area contributed by atoms with Crippen LogP contribution in [0.5, 0.6) is 0 Å². The van der Waals surface area contributed by atoms with Gasteiger partial charge in [0.1, 0.15) is 0 Å². The van der Waals surface area contributed by atoms with E-state index in [0.29, 0.717) is 12.8 Å². The number of halogens is 4. The van der Waals surface area contributed by atoms with Crippen LogP contribution in [0.1, 0.15) is 19.8 Å². The number of nitrogens with one attached hydrogen (secondary N) is 1. The number of hydrogen-bond donors (Lipinski definition) is 1. The molecule has 5 heteroatoms. The number of rotatable bonds is 5. The van der Waals surface area contributed by atoms with Gasteiger partial charge in [0.05, 0.1) is 6.54 Å². The van der Waals surface area contributed by atoms with Crippen LogP contribution in [0.15, 0.2) is 0 Å². The van der Waals surface area contributed by atoms with Crippen LogP contribution >= 0.6 is 0 Å². The van der Waals surface area contributed by atoms with Gasteiger partial charge in [-0.15, -0.1) is 0 Å². The second-order valence-electron chi connectivity index (χ2n) is 3.55. The third-order valence-corrected chi connectivity index (χ3v) is 2.70. The van der Waals surface area contributed by atoms with E-state index in [1.807, 2.05) is 0 Å².